The Kier molecular flexibility index (Phi) is 5.83. The number of aryl methyl sites for hydroxylation is 1. The van der Waals surface area contributed by atoms with Crippen molar-refractivity contribution in [1.82, 2.24) is 5.32 Å². The van der Waals surface area contributed by atoms with Gasteiger partial charge >= 0.3 is 6.18 Å². The summed E-state index contributed by atoms with van der Waals surface area (Å²) in [4.78, 5) is 0. The average molecular weight is 291 g/mol. The molecule has 1 aromatic carbocycles. The fraction of sp³-hybridized carbons (Fsp3) is 0.571. The van der Waals surface area contributed by atoms with Crippen LogP contribution >= 0.6 is 0 Å². The molecule has 6 heteroatoms. The van der Waals surface area contributed by atoms with Crippen LogP contribution in [-0.2, 0) is 6.54 Å². The molecular formula is C14H20F3NO2. The van der Waals surface area contributed by atoms with Crippen molar-refractivity contribution < 1.29 is 23.0 Å². The molecule has 0 aliphatic heterocycles. The van der Waals surface area contributed by atoms with Crippen molar-refractivity contribution in [1.29, 1.82) is 0 Å². The Morgan fingerprint density at radius 2 is 1.95 bits per heavy atom. The van der Waals surface area contributed by atoms with Crippen LogP contribution in [0.1, 0.15) is 25.0 Å². The van der Waals surface area contributed by atoms with Gasteiger partial charge in [-0.25, -0.2) is 0 Å². The van der Waals surface area contributed by atoms with Crippen molar-refractivity contribution in [2.75, 3.05) is 6.61 Å². The second kappa shape index (κ2) is 6.95. The second-order valence-corrected chi connectivity index (χ2v) is 5.02. The predicted octanol–water partition coefficient (Wildman–Crippen LogP) is 2.80. The second-order valence-electron chi connectivity index (χ2n) is 5.02. The first-order valence-corrected chi connectivity index (χ1v) is 6.40. The van der Waals surface area contributed by atoms with Crippen molar-refractivity contribution in [2.24, 2.45) is 0 Å². The Balaban J connectivity index is 2.73. The van der Waals surface area contributed by atoms with Gasteiger partial charge in [-0.05, 0) is 13.0 Å². The molecule has 1 atom stereocenters. The number of benzene rings is 1. The summed E-state index contributed by atoms with van der Waals surface area (Å²) in [5.74, 6) is 0.354. The van der Waals surface area contributed by atoms with Crippen LogP contribution in [0.5, 0.6) is 5.75 Å². The van der Waals surface area contributed by atoms with Gasteiger partial charge in [0.25, 0.3) is 0 Å². The number of aliphatic hydroxyl groups is 1. The summed E-state index contributed by atoms with van der Waals surface area (Å²) in [5.41, 5.74) is 1.77. The van der Waals surface area contributed by atoms with Gasteiger partial charge in [-0.2, -0.15) is 13.2 Å². The van der Waals surface area contributed by atoms with Crippen molar-refractivity contribution in [3.8, 4) is 5.75 Å². The third-order valence-corrected chi connectivity index (χ3v) is 2.69. The minimum atomic E-state index is -4.67. The third-order valence-electron chi connectivity index (χ3n) is 2.69. The van der Waals surface area contributed by atoms with Crippen LogP contribution < -0.4 is 10.1 Å². The lowest BCUT2D eigenvalue weighted by Crippen LogP contribution is -2.34. The molecule has 2 N–H and O–H groups in total. The van der Waals surface area contributed by atoms with Gasteiger partial charge in [0.1, 0.15) is 12.4 Å². The molecule has 1 rings (SSSR count). The highest BCUT2D eigenvalue weighted by Gasteiger charge is 2.38. The number of hydrogen-bond acceptors (Lipinski definition) is 3. The highest BCUT2D eigenvalue weighted by Crippen LogP contribution is 2.24. The number of rotatable bonds is 6. The Bertz CT molecular complexity index is 433. The zero-order chi connectivity index (χ0) is 15.3. The minimum Gasteiger partial charge on any atom is -0.490 e. The number of ether oxygens (including phenoxy) is 1. The topological polar surface area (TPSA) is 41.5 Å². The monoisotopic (exact) mass is 291 g/mol. The van der Waals surface area contributed by atoms with E-state index in [9.17, 15) is 13.2 Å². The Hall–Kier alpha value is -1.27. The zero-order valence-electron chi connectivity index (χ0n) is 11.8. The van der Waals surface area contributed by atoms with Crippen molar-refractivity contribution in [3.05, 3.63) is 29.3 Å². The first-order chi connectivity index (χ1) is 9.20. The number of halogens is 3. The van der Waals surface area contributed by atoms with E-state index in [1.54, 1.807) is 12.1 Å². The number of nitrogens with one attached hydrogen (secondary N) is 1. The largest absolute Gasteiger partial charge is 0.490 e. The molecule has 0 heterocycles. The molecule has 1 unspecified atom stereocenters. The molecule has 1 aromatic rings. The van der Waals surface area contributed by atoms with Gasteiger partial charge in [-0.15, -0.1) is 0 Å². The molecule has 0 saturated heterocycles. The Morgan fingerprint density at radius 1 is 1.30 bits per heavy atom. The summed E-state index contributed by atoms with van der Waals surface area (Å²) in [6.07, 6.45) is -7.14. The Morgan fingerprint density at radius 3 is 2.50 bits per heavy atom. The zero-order valence-corrected chi connectivity index (χ0v) is 11.8. The van der Waals surface area contributed by atoms with E-state index >= 15 is 0 Å². The van der Waals surface area contributed by atoms with Gasteiger partial charge in [0.15, 0.2) is 6.10 Å². The lowest BCUT2D eigenvalue weighted by atomic mass is 10.1. The van der Waals surface area contributed by atoms with E-state index in [0.29, 0.717) is 12.3 Å². The maximum absolute atomic E-state index is 12.2. The van der Waals surface area contributed by atoms with E-state index in [4.69, 9.17) is 9.84 Å². The molecule has 0 aliphatic rings. The van der Waals surface area contributed by atoms with Crippen LogP contribution in [-0.4, -0.2) is 30.0 Å². The lowest BCUT2D eigenvalue weighted by Gasteiger charge is -2.18. The SMILES string of the molecule is Cc1ccc(OCC(O)C(F)(F)F)c(CNC(C)C)c1. The van der Waals surface area contributed by atoms with Crippen LogP contribution in [0, 0.1) is 6.92 Å². The van der Waals surface area contributed by atoms with E-state index in [-0.39, 0.29) is 6.04 Å². The minimum absolute atomic E-state index is 0.254. The molecule has 20 heavy (non-hydrogen) atoms. The van der Waals surface area contributed by atoms with Crippen molar-refractivity contribution in [3.63, 3.8) is 0 Å². The standard InChI is InChI=1S/C14H20F3NO2/c1-9(2)18-7-11-6-10(3)4-5-12(11)20-8-13(19)14(15,16)17/h4-6,9,13,18-19H,7-8H2,1-3H3. The van der Waals surface area contributed by atoms with Gasteiger partial charge in [-0.3, -0.25) is 0 Å². The quantitative estimate of drug-likeness (QED) is 0.847. The molecule has 0 saturated carbocycles. The summed E-state index contributed by atoms with van der Waals surface area (Å²) < 4.78 is 41.8. The first kappa shape index (κ1) is 16.8. The van der Waals surface area contributed by atoms with E-state index in [1.807, 2.05) is 26.8 Å². The number of alkyl halides is 3. The maximum Gasteiger partial charge on any atom is 0.417 e. The van der Waals surface area contributed by atoms with Crippen LogP contribution in [0.25, 0.3) is 0 Å². The van der Waals surface area contributed by atoms with Crippen molar-refractivity contribution in [2.45, 2.75) is 45.6 Å². The molecule has 0 amide bonds. The fourth-order valence-corrected chi connectivity index (χ4v) is 1.56. The molecule has 0 aliphatic carbocycles. The molecule has 114 valence electrons. The molecule has 0 aromatic heterocycles. The van der Waals surface area contributed by atoms with Crippen molar-refractivity contribution >= 4 is 0 Å². The number of hydrogen-bond donors (Lipinski definition) is 2. The van der Waals surface area contributed by atoms with Crippen LogP contribution in [0.4, 0.5) is 13.2 Å². The Labute approximate surface area is 116 Å². The highest BCUT2D eigenvalue weighted by molar-refractivity contribution is 5.36. The molecular weight excluding hydrogens is 271 g/mol. The van der Waals surface area contributed by atoms with Gasteiger partial charge < -0.3 is 15.2 Å². The van der Waals surface area contributed by atoms with E-state index in [2.05, 4.69) is 5.32 Å². The first-order valence-electron chi connectivity index (χ1n) is 6.40. The van der Waals surface area contributed by atoms with Gasteiger partial charge in [0, 0.05) is 18.2 Å². The normalized spacial score (nSPS) is 13.6. The fourth-order valence-electron chi connectivity index (χ4n) is 1.56. The smallest absolute Gasteiger partial charge is 0.417 e. The van der Waals surface area contributed by atoms with Crippen LogP contribution in [0.15, 0.2) is 18.2 Å². The van der Waals surface area contributed by atoms with Crippen LogP contribution in [0.3, 0.4) is 0 Å². The summed E-state index contributed by atoms with van der Waals surface area (Å²) in [5, 5.41) is 12.1. The summed E-state index contributed by atoms with van der Waals surface area (Å²) in [6.45, 7) is 5.54. The van der Waals surface area contributed by atoms with E-state index < -0.39 is 18.9 Å². The summed E-state index contributed by atoms with van der Waals surface area (Å²) >= 11 is 0. The number of aliphatic hydroxyl groups excluding tert-OH is 1. The molecule has 0 bridgehead atoms. The molecule has 3 nitrogen and oxygen atoms in total. The molecule has 0 fully saturated rings. The van der Waals surface area contributed by atoms with E-state index in [0.717, 1.165) is 11.1 Å². The van der Waals surface area contributed by atoms with Gasteiger partial charge in [0.05, 0.1) is 0 Å². The highest BCUT2D eigenvalue weighted by atomic mass is 19.4. The molecule has 0 spiro atoms. The average Bonchev–Trinajstić information content (AvgIpc) is 2.33. The lowest BCUT2D eigenvalue weighted by molar-refractivity contribution is -0.210. The summed E-state index contributed by atoms with van der Waals surface area (Å²) in [7, 11) is 0. The maximum atomic E-state index is 12.2. The van der Waals surface area contributed by atoms with Gasteiger partial charge in [0.2, 0.25) is 0 Å². The van der Waals surface area contributed by atoms with Gasteiger partial charge in [-0.1, -0.05) is 31.5 Å². The van der Waals surface area contributed by atoms with E-state index in [1.165, 1.54) is 0 Å². The van der Waals surface area contributed by atoms with Crippen LogP contribution in [0.2, 0.25) is 0 Å². The summed E-state index contributed by atoms with van der Waals surface area (Å²) in [6, 6.07) is 5.48. The predicted molar refractivity (Wildman–Crippen MR) is 70.7 cm³/mol. The molecule has 0 radical (unpaired) electrons. The third kappa shape index (κ3) is 5.38.